The Bertz CT molecular complexity index is 611. The molecule has 1 aromatic carbocycles. The Morgan fingerprint density at radius 3 is 2.57 bits per heavy atom. The van der Waals surface area contributed by atoms with E-state index in [-0.39, 0.29) is 10.5 Å². The molecule has 1 saturated heterocycles. The summed E-state index contributed by atoms with van der Waals surface area (Å²) in [5, 5.41) is 11.3. The van der Waals surface area contributed by atoms with Crippen LogP contribution in [0.25, 0.3) is 0 Å². The predicted molar refractivity (Wildman–Crippen MR) is 89.3 cm³/mol. The number of nitrogens with zero attached hydrogens (tertiary/aromatic N) is 1. The highest BCUT2D eigenvalue weighted by atomic mass is 32.2. The standard InChI is InChI=1S/C16H23NO2S2/c1-17-21(19,14-7-3-2-4-8-14)13-15(18)9-5-10-16(15)11-6-12-20-16/h2-4,7-8,18H,5-6,9-13H2,1H3/t15-,16-,21+/m1/s1. The molecule has 3 rings (SSSR count). The molecule has 116 valence electrons. The smallest absolute Gasteiger partial charge is 0.0920 e. The molecule has 1 aliphatic heterocycles. The van der Waals surface area contributed by atoms with Gasteiger partial charge in [0.25, 0.3) is 0 Å². The summed E-state index contributed by atoms with van der Waals surface area (Å²) in [7, 11) is -0.936. The summed E-state index contributed by atoms with van der Waals surface area (Å²) >= 11 is 1.89. The summed E-state index contributed by atoms with van der Waals surface area (Å²) in [6, 6.07) is 9.42. The minimum atomic E-state index is -2.55. The monoisotopic (exact) mass is 325 g/mol. The highest BCUT2D eigenvalue weighted by molar-refractivity contribution is 8.01. The molecule has 1 N–H and O–H groups in total. The van der Waals surface area contributed by atoms with Crippen molar-refractivity contribution in [3.05, 3.63) is 30.3 Å². The van der Waals surface area contributed by atoms with Crippen LogP contribution in [-0.2, 0) is 9.73 Å². The first kappa shape index (κ1) is 15.4. The minimum absolute atomic E-state index is 0.0882. The van der Waals surface area contributed by atoms with Crippen molar-refractivity contribution in [1.82, 2.24) is 0 Å². The van der Waals surface area contributed by atoms with Gasteiger partial charge in [-0.1, -0.05) is 18.2 Å². The van der Waals surface area contributed by atoms with E-state index in [1.807, 2.05) is 42.1 Å². The quantitative estimate of drug-likeness (QED) is 0.927. The number of aliphatic hydroxyl groups is 1. The average molecular weight is 325 g/mol. The van der Waals surface area contributed by atoms with Crippen LogP contribution in [0.15, 0.2) is 39.6 Å². The zero-order valence-corrected chi connectivity index (χ0v) is 14.1. The van der Waals surface area contributed by atoms with Gasteiger partial charge in [0.2, 0.25) is 0 Å². The van der Waals surface area contributed by atoms with Crippen LogP contribution in [0.2, 0.25) is 0 Å². The second-order valence-corrected chi connectivity index (χ2v) is 10.00. The number of hydrogen-bond donors (Lipinski definition) is 1. The van der Waals surface area contributed by atoms with E-state index >= 15 is 0 Å². The lowest BCUT2D eigenvalue weighted by molar-refractivity contribution is 0.0407. The molecule has 2 fully saturated rings. The zero-order chi connectivity index (χ0) is 15.0. The third-order valence-corrected chi connectivity index (χ3v) is 9.26. The topological polar surface area (TPSA) is 49.7 Å². The van der Waals surface area contributed by atoms with Crippen LogP contribution in [0.5, 0.6) is 0 Å². The molecule has 5 heteroatoms. The lowest BCUT2D eigenvalue weighted by atomic mass is 9.88. The summed E-state index contributed by atoms with van der Waals surface area (Å²) in [4.78, 5) is 0.742. The van der Waals surface area contributed by atoms with E-state index in [1.54, 1.807) is 7.05 Å². The van der Waals surface area contributed by atoms with Crippen molar-refractivity contribution >= 4 is 21.5 Å². The number of benzene rings is 1. The SMILES string of the molecule is CN=[S@](=O)(C[C@]1(O)CCC[C@@]12CCCS2)c1ccccc1. The summed E-state index contributed by atoms with van der Waals surface area (Å²) in [5.41, 5.74) is -0.847. The Labute approximate surface area is 131 Å². The average Bonchev–Trinajstić information content (AvgIpc) is 3.09. The Morgan fingerprint density at radius 1 is 1.24 bits per heavy atom. The maximum absolute atomic E-state index is 13.3. The Morgan fingerprint density at radius 2 is 1.95 bits per heavy atom. The lowest BCUT2D eigenvalue weighted by Crippen LogP contribution is -2.50. The van der Waals surface area contributed by atoms with Crippen LogP contribution in [0, 0.1) is 0 Å². The highest BCUT2D eigenvalue weighted by Gasteiger charge is 2.56. The number of hydrogen-bond acceptors (Lipinski definition) is 4. The molecule has 0 unspecified atom stereocenters. The summed E-state index contributed by atoms with van der Waals surface area (Å²) in [6.45, 7) is 0. The predicted octanol–water partition coefficient (Wildman–Crippen LogP) is 3.32. The van der Waals surface area contributed by atoms with Crippen molar-refractivity contribution in [2.75, 3.05) is 18.6 Å². The Hall–Kier alpha value is -0.520. The molecule has 21 heavy (non-hydrogen) atoms. The first-order valence-corrected chi connectivity index (χ1v) is 10.3. The van der Waals surface area contributed by atoms with Crippen molar-refractivity contribution in [1.29, 1.82) is 0 Å². The number of rotatable bonds is 3. The van der Waals surface area contributed by atoms with E-state index < -0.39 is 15.3 Å². The molecule has 1 heterocycles. The van der Waals surface area contributed by atoms with Crippen molar-refractivity contribution in [3.8, 4) is 0 Å². The molecule has 1 saturated carbocycles. The molecule has 0 bridgehead atoms. The summed E-state index contributed by atoms with van der Waals surface area (Å²) in [5.74, 6) is 1.38. The van der Waals surface area contributed by atoms with Gasteiger partial charge in [0.1, 0.15) is 0 Å². The van der Waals surface area contributed by atoms with Gasteiger partial charge in [-0.05, 0) is 50.0 Å². The largest absolute Gasteiger partial charge is 0.387 e. The van der Waals surface area contributed by atoms with Crippen LogP contribution < -0.4 is 0 Å². The molecule has 3 nitrogen and oxygen atoms in total. The van der Waals surface area contributed by atoms with Gasteiger partial charge < -0.3 is 5.11 Å². The van der Waals surface area contributed by atoms with Crippen molar-refractivity contribution in [2.24, 2.45) is 4.36 Å². The fourth-order valence-corrected chi connectivity index (χ4v) is 7.75. The molecule has 3 atom stereocenters. The van der Waals surface area contributed by atoms with E-state index in [4.69, 9.17) is 0 Å². The molecule has 0 aromatic heterocycles. The maximum atomic E-state index is 13.3. The molecular weight excluding hydrogens is 302 g/mol. The normalized spacial score (nSPS) is 35.0. The van der Waals surface area contributed by atoms with Crippen molar-refractivity contribution < 1.29 is 9.32 Å². The summed E-state index contributed by atoms with van der Waals surface area (Å²) < 4.78 is 17.4. The van der Waals surface area contributed by atoms with Crippen LogP contribution in [0.3, 0.4) is 0 Å². The number of thioether (sulfide) groups is 1. The Balaban J connectivity index is 1.96. The second kappa shape index (κ2) is 5.60. The second-order valence-electron chi connectivity index (χ2n) is 6.11. The van der Waals surface area contributed by atoms with E-state index in [1.165, 1.54) is 0 Å². The molecule has 0 amide bonds. The van der Waals surface area contributed by atoms with Gasteiger partial charge in [-0.3, -0.25) is 0 Å². The van der Waals surface area contributed by atoms with E-state index in [2.05, 4.69) is 4.36 Å². The zero-order valence-electron chi connectivity index (χ0n) is 12.5. The molecule has 2 aliphatic rings. The minimum Gasteiger partial charge on any atom is -0.387 e. The molecular formula is C16H23NO2S2. The third-order valence-electron chi connectivity index (χ3n) is 4.96. The van der Waals surface area contributed by atoms with Gasteiger partial charge >= 0.3 is 0 Å². The van der Waals surface area contributed by atoms with Gasteiger partial charge in [0.05, 0.1) is 21.1 Å². The van der Waals surface area contributed by atoms with E-state index in [0.717, 1.165) is 42.8 Å². The molecule has 0 radical (unpaired) electrons. The van der Waals surface area contributed by atoms with Crippen molar-refractivity contribution in [2.45, 2.75) is 47.3 Å². The fourth-order valence-electron chi connectivity index (χ4n) is 3.80. The first-order chi connectivity index (χ1) is 10.0. The Kier molecular flexibility index (Phi) is 4.10. The molecule has 1 aromatic rings. The van der Waals surface area contributed by atoms with Gasteiger partial charge in [-0.25, -0.2) is 8.57 Å². The third kappa shape index (κ3) is 2.53. The van der Waals surface area contributed by atoms with Gasteiger partial charge in [-0.2, -0.15) is 11.8 Å². The maximum Gasteiger partial charge on any atom is 0.0920 e. The highest BCUT2D eigenvalue weighted by Crippen LogP contribution is 2.56. The van der Waals surface area contributed by atoms with E-state index in [9.17, 15) is 9.32 Å². The van der Waals surface area contributed by atoms with Crippen molar-refractivity contribution in [3.63, 3.8) is 0 Å². The summed E-state index contributed by atoms with van der Waals surface area (Å²) in [6.07, 6.45) is 5.02. The first-order valence-electron chi connectivity index (χ1n) is 7.58. The molecule has 1 aliphatic carbocycles. The van der Waals surface area contributed by atoms with Crippen LogP contribution in [-0.4, -0.2) is 38.2 Å². The van der Waals surface area contributed by atoms with Gasteiger partial charge in [0, 0.05) is 16.7 Å². The lowest BCUT2D eigenvalue weighted by Gasteiger charge is -2.39. The van der Waals surface area contributed by atoms with Crippen LogP contribution >= 0.6 is 11.8 Å². The fraction of sp³-hybridized carbons (Fsp3) is 0.625. The molecule has 1 spiro atoms. The van der Waals surface area contributed by atoms with Crippen LogP contribution in [0.4, 0.5) is 0 Å². The van der Waals surface area contributed by atoms with Gasteiger partial charge in [-0.15, -0.1) is 0 Å². The van der Waals surface area contributed by atoms with Crippen LogP contribution in [0.1, 0.15) is 32.1 Å². The van der Waals surface area contributed by atoms with Gasteiger partial charge in [0.15, 0.2) is 0 Å². The van der Waals surface area contributed by atoms with E-state index in [0.29, 0.717) is 0 Å².